The van der Waals surface area contributed by atoms with Gasteiger partial charge in [-0.1, -0.05) is 12.8 Å². The molecule has 0 atom stereocenters. The minimum atomic E-state index is -0.450. The van der Waals surface area contributed by atoms with Crippen LogP contribution in [-0.2, 0) is 0 Å². The topological polar surface area (TPSA) is 62.2 Å². The van der Waals surface area contributed by atoms with Gasteiger partial charge in [0.1, 0.15) is 5.69 Å². The van der Waals surface area contributed by atoms with E-state index in [4.69, 9.17) is 0 Å². The Labute approximate surface area is 109 Å². The SMILES string of the molecule is O=C(NC1(CO)CCCC1)c1ncccc1Br. The fraction of sp³-hybridized carbons (Fsp3) is 0.500. The van der Waals surface area contributed by atoms with Crippen LogP contribution in [0.15, 0.2) is 22.8 Å². The standard InChI is InChI=1S/C12H15BrN2O2/c13-9-4-3-7-14-10(9)11(17)15-12(8-16)5-1-2-6-12/h3-4,7,16H,1-2,5-6,8H2,(H,15,17). The molecule has 0 aliphatic heterocycles. The maximum absolute atomic E-state index is 12.1. The van der Waals surface area contributed by atoms with Crippen LogP contribution >= 0.6 is 15.9 Å². The van der Waals surface area contributed by atoms with Gasteiger partial charge in [-0.15, -0.1) is 0 Å². The van der Waals surface area contributed by atoms with E-state index in [1.807, 2.05) is 0 Å². The summed E-state index contributed by atoms with van der Waals surface area (Å²) in [5.74, 6) is -0.228. The zero-order chi connectivity index (χ0) is 12.3. The molecule has 1 aromatic heterocycles. The van der Waals surface area contributed by atoms with Crippen LogP contribution in [0.3, 0.4) is 0 Å². The zero-order valence-electron chi connectivity index (χ0n) is 9.45. The van der Waals surface area contributed by atoms with E-state index in [-0.39, 0.29) is 12.5 Å². The Morgan fingerprint density at radius 2 is 2.24 bits per heavy atom. The van der Waals surface area contributed by atoms with Crippen molar-refractivity contribution in [1.29, 1.82) is 0 Å². The van der Waals surface area contributed by atoms with E-state index in [1.165, 1.54) is 0 Å². The second kappa shape index (κ2) is 5.14. The lowest BCUT2D eigenvalue weighted by atomic mass is 9.98. The van der Waals surface area contributed by atoms with Gasteiger partial charge >= 0.3 is 0 Å². The molecule has 0 aromatic carbocycles. The average Bonchev–Trinajstić information content (AvgIpc) is 2.79. The van der Waals surface area contributed by atoms with Crippen LogP contribution in [0.1, 0.15) is 36.2 Å². The molecule has 1 fully saturated rings. The summed E-state index contributed by atoms with van der Waals surface area (Å²) in [6, 6.07) is 3.54. The Morgan fingerprint density at radius 3 is 2.82 bits per heavy atom. The van der Waals surface area contributed by atoms with Gasteiger partial charge < -0.3 is 10.4 Å². The van der Waals surface area contributed by atoms with Crippen molar-refractivity contribution in [2.75, 3.05) is 6.61 Å². The zero-order valence-corrected chi connectivity index (χ0v) is 11.0. The third-order valence-electron chi connectivity index (χ3n) is 3.22. The number of pyridine rings is 1. The van der Waals surface area contributed by atoms with Gasteiger partial charge in [-0.3, -0.25) is 4.79 Å². The largest absolute Gasteiger partial charge is 0.394 e. The second-order valence-electron chi connectivity index (χ2n) is 4.43. The second-order valence-corrected chi connectivity index (χ2v) is 5.29. The van der Waals surface area contributed by atoms with Gasteiger partial charge in [0.25, 0.3) is 5.91 Å². The monoisotopic (exact) mass is 298 g/mol. The number of nitrogens with one attached hydrogen (secondary N) is 1. The Balaban J connectivity index is 2.14. The van der Waals surface area contributed by atoms with Crippen molar-refractivity contribution in [1.82, 2.24) is 10.3 Å². The van der Waals surface area contributed by atoms with Gasteiger partial charge in [0.2, 0.25) is 0 Å². The quantitative estimate of drug-likeness (QED) is 0.896. The molecule has 17 heavy (non-hydrogen) atoms. The Morgan fingerprint density at radius 1 is 1.53 bits per heavy atom. The van der Waals surface area contributed by atoms with Crippen molar-refractivity contribution in [2.24, 2.45) is 0 Å². The van der Waals surface area contributed by atoms with Crippen molar-refractivity contribution in [3.63, 3.8) is 0 Å². The van der Waals surface area contributed by atoms with Gasteiger partial charge in [0.05, 0.1) is 12.1 Å². The van der Waals surface area contributed by atoms with E-state index < -0.39 is 5.54 Å². The molecule has 1 heterocycles. The highest BCUT2D eigenvalue weighted by atomic mass is 79.9. The molecule has 5 heteroatoms. The highest BCUT2D eigenvalue weighted by Crippen LogP contribution is 2.29. The molecule has 2 rings (SSSR count). The highest BCUT2D eigenvalue weighted by molar-refractivity contribution is 9.10. The third kappa shape index (κ3) is 2.66. The Bertz CT molecular complexity index is 417. The molecule has 0 spiro atoms. The molecule has 2 N–H and O–H groups in total. The predicted molar refractivity (Wildman–Crippen MR) is 67.7 cm³/mol. The summed E-state index contributed by atoms with van der Waals surface area (Å²) in [5, 5.41) is 12.4. The van der Waals surface area contributed by atoms with Crippen molar-refractivity contribution in [2.45, 2.75) is 31.2 Å². The predicted octanol–water partition coefficient (Wildman–Crippen LogP) is 1.88. The van der Waals surface area contributed by atoms with E-state index in [0.717, 1.165) is 25.7 Å². The summed E-state index contributed by atoms with van der Waals surface area (Å²) < 4.78 is 0.670. The summed E-state index contributed by atoms with van der Waals surface area (Å²) >= 11 is 3.30. The summed E-state index contributed by atoms with van der Waals surface area (Å²) in [4.78, 5) is 16.1. The van der Waals surface area contributed by atoms with Gasteiger partial charge in [-0.05, 0) is 40.9 Å². The first-order valence-corrected chi connectivity index (χ1v) is 6.50. The number of aliphatic hydroxyl groups is 1. The Hall–Kier alpha value is -0.940. The molecular formula is C12H15BrN2O2. The highest BCUT2D eigenvalue weighted by Gasteiger charge is 2.35. The number of aromatic nitrogens is 1. The normalized spacial score (nSPS) is 18.0. The number of hydrogen-bond donors (Lipinski definition) is 2. The fourth-order valence-electron chi connectivity index (χ4n) is 2.23. The number of aliphatic hydroxyl groups excluding tert-OH is 1. The number of carbonyl (C=O) groups is 1. The van der Waals surface area contributed by atoms with Crippen LogP contribution in [0.5, 0.6) is 0 Å². The molecular weight excluding hydrogens is 284 g/mol. The van der Waals surface area contributed by atoms with E-state index in [2.05, 4.69) is 26.2 Å². The summed E-state index contributed by atoms with van der Waals surface area (Å²) in [6.45, 7) is -0.0107. The van der Waals surface area contributed by atoms with Gasteiger partial charge in [-0.25, -0.2) is 4.98 Å². The molecule has 0 saturated heterocycles. The van der Waals surface area contributed by atoms with Crippen LogP contribution in [0, 0.1) is 0 Å². The summed E-state index contributed by atoms with van der Waals surface area (Å²) in [6.07, 6.45) is 5.34. The number of hydrogen-bond acceptors (Lipinski definition) is 3. The van der Waals surface area contributed by atoms with Gasteiger partial charge in [0, 0.05) is 10.7 Å². The van der Waals surface area contributed by atoms with E-state index in [1.54, 1.807) is 18.3 Å². The maximum Gasteiger partial charge on any atom is 0.271 e. The van der Waals surface area contributed by atoms with Crippen LogP contribution in [0.2, 0.25) is 0 Å². The van der Waals surface area contributed by atoms with Gasteiger partial charge in [0.15, 0.2) is 0 Å². The first-order chi connectivity index (χ1) is 8.17. The fourth-order valence-corrected chi connectivity index (χ4v) is 2.66. The molecule has 4 nitrogen and oxygen atoms in total. The van der Waals surface area contributed by atoms with E-state index >= 15 is 0 Å². The van der Waals surface area contributed by atoms with Crippen molar-refractivity contribution in [3.05, 3.63) is 28.5 Å². The van der Waals surface area contributed by atoms with Crippen LogP contribution in [-0.4, -0.2) is 28.1 Å². The first kappa shape index (κ1) is 12.5. The summed E-state index contributed by atoms with van der Waals surface area (Å²) in [5.41, 5.74) is -0.0826. The van der Waals surface area contributed by atoms with Crippen molar-refractivity contribution in [3.8, 4) is 0 Å². The van der Waals surface area contributed by atoms with E-state index in [0.29, 0.717) is 10.2 Å². The number of carbonyl (C=O) groups excluding carboxylic acids is 1. The number of halogens is 1. The van der Waals surface area contributed by atoms with Crippen LogP contribution in [0.4, 0.5) is 0 Å². The number of rotatable bonds is 3. The minimum absolute atomic E-state index is 0.0107. The molecule has 0 radical (unpaired) electrons. The molecule has 1 amide bonds. The number of nitrogens with zero attached hydrogens (tertiary/aromatic N) is 1. The molecule has 1 saturated carbocycles. The smallest absolute Gasteiger partial charge is 0.271 e. The molecule has 0 unspecified atom stereocenters. The lowest BCUT2D eigenvalue weighted by Crippen LogP contribution is -2.49. The molecule has 1 aromatic rings. The van der Waals surface area contributed by atoms with Gasteiger partial charge in [-0.2, -0.15) is 0 Å². The number of amides is 1. The molecule has 1 aliphatic carbocycles. The average molecular weight is 299 g/mol. The van der Waals surface area contributed by atoms with Crippen molar-refractivity contribution >= 4 is 21.8 Å². The third-order valence-corrected chi connectivity index (χ3v) is 3.86. The van der Waals surface area contributed by atoms with Crippen LogP contribution < -0.4 is 5.32 Å². The summed E-state index contributed by atoms with van der Waals surface area (Å²) in [7, 11) is 0. The van der Waals surface area contributed by atoms with Crippen LogP contribution in [0.25, 0.3) is 0 Å². The molecule has 92 valence electrons. The first-order valence-electron chi connectivity index (χ1n) is 5.71. The van der Waals surface area contributed by atoms with E-state index in [9.17, 15) is 9.90 Å². The lowest BCUT2D eigenvalue weighted by Gasteiger charge is -2.27. The lowest BCUT2D eigenvalue weighted by molar-refractivity contribution is 0.0832. The molecule has 0 bridgehead atoms. The maximum atomic E-state index is 12.1. The minimum Gasteiger partial charge on any atom is -0.394 e. The van der Waals surface area contributed by atoms with Crippen molar-refractivity contribution < 1.29 is 9.90 Å². The molecule has 1 aliphatic rings. The Kier molecular flexibility index (Phi) is 3.79.